The molecule has 1 fully saturated rings. The average molecular weight is 447 g/mol. The number of thiocarbonyl (C=S) groups is 1. The fraction of sp³-hybridized carbons (Fsp3) is 0.318. The van der Waals surface area contributed by atoms with E-state index in [1.165, 1.54) is 11.8 Å². The lowest BCUT2D eigenvalue weighted by atomic mass is 9.88. The Hall–Kier alpha value is -2.48. The summed E-state index contributed by atoms with van der Waals surface area (Å²) in [6, 6.07) is 15.1. The third-order valence-electron chi connectivity index (χ3n) is 4.79. The lowest BCUT2D eigenvalue weighted by Crippen LogP contribution is -2.55. The molecule has 0 bridgehead atoms. The van der Waals surface area contributed by atoms with Crippen LogP contribution in [0.5, 0.6) is 0 Å². The predicted molar refractivity (Wildman–Crippen MR) is 119 cm³/mol. The Labute approximate surface area is 186 Å². The van der Waals surface area contributed by atoms with Gasteiger partial charge in [-0.25, -0.2) is 9.69 Å². The van der Waals surface area contributed by atoms with Gasteiger partial charge in [0.1, 0.15) is 11.7 Å². The molecule has 8 heteroatoms. The lowest BCUT2D eigenvalue weighted by molar-refractivity contribution is -0.130. The zero-order chi connectivity index (χ0) is 22.3. The van der Waals surface area contributed by atoms with Crippen LogP contribution in [0, 0.1) is 0 Å². The van der Waals surface area contributed by atoms with E-state index in [1.807, 2.05) is 0 Å². The second-order valence-electron chi connectivity index (χ2n) is 8.18. The molecule has 0 saturated carbocycles. The van der Waals surface area contributed by atoms with E-state index >= 15 is 0 Å². The van der Waals surface area contributed by atoms with Gasteiger partial charge in [-0.15, -0.1) is 0 Å². The minimum Gasteiger partial charge on any atom is -0.443 e. The number of aliphatic hydroxyl groups excluding tert-OH is 1. The van der Waals surface area contributed by atoms with Crippen molar-refractivity contribution in [3.8, 4) is 0 Å². The highest BCUT2D eigenvalue weighted by atomic mass is 35.5. The normalized spacial score (nSPS) is 20.5. The molecule has 1 N–H and O–H groups in total. The van der Waals surface area contributed by atoms with Crippen molar-refractivity contribution in [2.75, 3.05) is 4.90 Å². The molecule has 1 heterocycles. The third-order valence-corrected chi connectivity index (χ3v) is 5.41. The number of carbonyl (C=O) groups is 2. The molecule has 3 rings (SSSR count). The smallest absolute Gasteiger partial charge is 0.417 e. The van der Waals surface area contributed by atoms with Crippen LogP contribution in [0.15, 0.2) is 54.6 Å². The van der Waals surface area contributed by atoms with E-state index in [-0.39, 0.29) is 5.11 Å². The van der Waals surface area contributed by atoms with E-state index in [0.717, 1.165) is 4.90 Å². The molecule has 0 spiro atoms. The highest BCUT2D eigenvalue weighted by molar-refractivity contribution is 7.80. The lowest BCUT2D eigenvalue weighted by Gasteiger charge is -2.36. The highest BCUT2D eigenvalue weighted by Gasteiger charge is 2.60. The Kier molecular flexibility index (Phi) is 5.91. The highest BCUT2D eigenvalue weighted by Crippen LogP contribution is 2.41. The molecule has 1 aliphatic heterocycles. The number of halogens is 1. The molecule has 0 aliphatic carbocycles. The van der Waals surface area contributed by atoms with Crippen molar-refractivity contribution in [3.05, 3.63) is 65.2 Å². The van der Waals surface area contributed by atoms with Crippen LogP contribution in [0.2, 0.25) is 5.02 Å². The summed E-state index contributed by atoms with van der Waals surface area (Å²) in [7, 11) is 0. The first-order valence-electron chi connectivity index (χ1n) is 9.37. The average Bonchev–Trinajstić information content (AvgIpc) is 2.88. The number of aliphatic hydroxyl groups is 1. The van der Waals surface area contributed by atoms with Crippen LogP contribution in [-0.4, -0.2) is 38.3 Å². The van der Waals surface area contributed by atoms with Crippen LogP contribution in [0.25, 0.3) is 0 Å². The predicted octanol–water partition coefficient (Wildman–Crippen LogP) is 4.70. The van der Waals surface area contributed by atoms with E-state index in [2.05, 4.69) is 0 Å². The van der Waals surface area contributed by atoms with Gasteiger partial charge in [0.15, 0.2) is 10.7 Å². The summed E-state index contributed by atoms with van der Waals surface area (Å²) in [6.45, 7) is 6.63. The summed E-state index contributed by atoms with van der Waals surface area (Å²) in [5.74, 6) is -0.544. The minimum atomic E-state index is -1.71. The zero-order valence-corrected chi connectivity index (χ0v) is 18.7. The molecule has 0 aromatic heterocycles. The molecule has 1 saturated heterocycles. The van der Waals surface area contributed by atoms with E-state index in [1.54, 1.807) is 75.4 Å². The molecular formula is C22H23ClN2O4S. The summed E-state index contributed by atoms with van der Waals surface area (Å²) in [4.78, 5) is 29.0. The van der Waals surface area contributed by atoms with Crippen LogP contribution in [0.3, 0.4) is 0 Å². The summed E-state index contributed by atoms with van der Waals surface area (Å²) in [5.41, 5.74) is -1.61. The van der Waals surface area contributed by atoms with Gasteiger partial charge in [-0.05, 0) is 69.7 Å². The van der Waals surface area contributed by atoms with Gasteiger partial charge < -0.3 is 9.84 Å². The Balaban J connectivity index is 2.12. The SMILES string of the molecule is CC(C)(C)OC(=O)N1C(=S)N(c2ccc(Cl)cc2)C(=O)[C@@]1(C)[C@H](O)c1ccccc1. The first kappa shape index (κ1) is 22.2. The molecule has 2 aromatic carbocycles. The summed E-state index contributed by atoms with van der Waals surface area (Å²) < 4.78 is 5.51. The summed E-state index contributed by atoms with van der Waals surface area (Å²) in [6.07, 6.45) is -2.15. The standard InChI is InChI=1S/C22H23ClN2O4S/c1-21(2,3)29-20(28)25-19(30)24(16-12-10-15(23)11-13-16)18(27)22(25,4)17(26)14-8-6-5-7-9-14/h5-13,17,26H,1-4H3/t17-,22-/m1/s1. The van der Waals surface area contributed by atoms with Crippen LogP contribution in [0.1, 0.15) is 39.4 Å². The van der Waals surface area contributed by atoms with Gasteiger partial charge in [0.2, 0.25) is 0 Å². The largest absolute Gasteiger partial charge is 0.443 e. The van der Waals surface area contributed by atoms with Crippen molar-refractivity contribution >= 4 is 46.6 Å². The van der Waals surface area contributed by atoms with E-state index in [4.69, 9.17) is 28.6 Å². The Morgan fingerprint density at radius 3 is 2.23 bits per heavy atom. The molecule has 0 radical (unpaired) electrons. The van der Waals surface area contributed by atoms with Gasteiger partial charge in [0.05, 0.1) is 5.69 Å². The second-order valence-corrected chi connectivity index (χ2v) is 8.98. The zero-order valence-electron chi connectivity index (χ0n) is 17.1. The summed E-state index contributed by atoms with van der Waals surface area (Å²) >= 11 is 11.5. The molecule has 2 aromatic rings. The first-order valence-corrected chi connectivity index (χ1v) is 10.2. The number of hydrogen-bond donors (Lipinski definition) is 1. The number of anilines is 1. The monoisotopic (exact) mass is 446 g/mol. The number of nitrogens with zero attached hydrogens (tertiary/aromatic N) is 2. The number of rotatable bonds is 3. The molecular weight excluding hydrogens is 424 g/mol. The quantitative estimate of drug-likeness (QED) is 0.692. The third kappa shape index (κ3) is 3.93. The molecule has 2 amide bonds. The fourth-order valence-corrected chi connectivity index (χ4v) is 3.88. The Morgan fingerprint density at radius 2 is 1.70 bits per heavy atom. The van der Waals surface area contributed by atoms with Crippen molar-refractivity contribution in [2.45, 2.75) is 44.9 Å². The van der Waals surface area contributed by atoms with Crippen LogP contribution < -0.4 is 4.90 Å². The van der Waals surface area contributed by atoms with Gasteiger partial charge in [0, 0.05) is 5.02 Å². The fourth-order valence-electron chi connectivity index (χ4n) is 3.30. The number of benzene rings is 2. The molecule has 30 heavy (non-hydrogen) atoms. The Morgan fingerprint density at radius 1 is 1.13 bits per heavy atom. The number of carbonyl (C=O) groups excluding carboxylic acids is 2. The van der Waals surface area contributed by atoms with Crippen molar-refractivity contribution in [1.82, 2.24) is 4.90 Å². The number of ether oxygens (including phenoxy) is 1. The van der Waals surface area contributed by atoms with E-state index in [9.17, 15) is 14.7 Å². The van der Waals surface area contributed by atoms with Crippen molar-refractivity contribution in [2.24, 2.45) is 0 Å². The second kappa shape index (κ2) is 7.98. The maximum absolute atomic E-state index is 13.6. The van der Waals surface area contributed by atoms with Gasteiger partial charge in [-0.3, -0.25) is 9.69 Å². The van der Waals surface area contributed by atoms with Crippen LogP contribution in [-0.2, 0) is 9.53 Å². The van der Waals surface area contributed by atoms with Gasteiger partial charge in [-0.1, -0.05) is 41.9 Å². The number of hydrogen-bond acceptors (Lipinski definition) is 5. The van der Waals surface area contributed by atoms with Gasteiger partial charge in [0.25, 0.3) is 5.91 Å². The molecule has 1 aliphatic rings. The molecule has 0 unspecified atom stereocenters. The molecule has 6 nitrogen and oxygen atoms in total. The number of amides is 2. The maximum Gasteiger partial charge on any atom is 0.417 e. The van der Waals surface area contributed by atoms with Crippen molar-refractivity contribution in [1.29, 1.82) is 0 Å². The first-order chi connectivity index (χ1) is 14.0. The van der Waals surface area contributed by atoms with E-state index < -0.39 is 29.2 Å². The molecule has 2 atom stereocenters. The molecule has 158 valence electrons. The summed E-state index contributed by atoms with van der Waals surface area (Å²) in [5, 5.41) is 11.6. The minimum absolute atomic E-state index is 0.0750. The van der Waals surface area contributed by atoms with Gasteiger partial charge >= 0.3 is 6.09 Å². The van der Waals surface area contributed by atoms with Crippen LogP contribution >= 0.6 is 23.8 Å². The van der Waals surface area contributed by atoms with Crippen molar-refractivity contribution in [3.63, 3.8) is 0 Å². The van der Waals surface area contributed by atoms with Gasteiger partial charge in [-0.2, -0.15) is 0 Å². The van der Waals surface area contributed by atoms with E-state index in [0.29, 0.717) is 16.3 Å². The Bertz CT molecular complexity index is 975. The maximum atomic E-state index is 13.6. The topological polar surface area (TPSA) is 70.1 Å². The van der Waals surface area contributed by atoms with Crippen molar-refractivity contribution < 1.29 is 19.4 Å². The van der Waals surface area contributed by atoms with Crippen LogP contribution in [0.4, 0.5) is 10.5 Å².